The first-order chi connectivity index (χ1) is 20.3. The third-order valence-corrected chi connectivity index (χ3v) is 6.57. The van der Waals surface area contributed by atoms with Crippen LogP contribution in [0.25, 0.3) is 0 Å². The van der Waals surface area contributed by atoms with E-state index in [9.17, 15) is 42.0 Å². The van der Waals surface area contributed by atoms with Crippen molar-refractivity contribution in [1.29, 1.82) is 0 Å². The summed E-state index contributed by atoms with van der Waals surface area (Å²) in [6, 6.07) is 5.00. The van der Waals surface area contributed by atoms with Gasteiger partial charge in [0.25, 0.3) is 0 Å². The molecule has 0 radical (unpaired) electrons. The number of nitrogens with zero attached hydrogens (tertiary/aromatic N) is 1. The molecule has 0 fully saturated rings. The monoisotopic (exact) mass is 612 g/mol. The van der Waals surface area contributed by atoms with Gasteiger partial charge in [0.05, 0.1) is 11.6 Å². The molecule has 9 N–H and O–H groups in total. The van der Waals surface area contributed by atoms with E-state index in [2.05, 4.69) is 16.0 Å². The Morgan fingerprint density at radius 2 is 1.70 bits per heavy atom. The second-order valence-electron chi connectivity index (χ2n) is 9.81. The van der Waals surface area contributed by atoms with Gasteiger partial charge >= 0.3 is 13.3 Å². The van der Waals surface area contributed by atoms with E-state index in [0.717, 1.165) is 24.3 Å². The zero-order valence-corrected chi connectivity index (χ0v) is 23.7. The van der Waals surface area contributed by atoms with Gasteiger partial charge in [-0.15, -0.1) is 0 Å². The first-order valence-electron chi connectivity index (χ1n) is 13.6. The Morgan fingerprint density at radius 3 is 2.28 bits per heavy atom. The number of anilines is 1. The van der Waals surface area contributed by atoms with Crippen molar-refractivity contribution >= 4 is 36.0 Å². The predicted octanol–water partition coefficient (Wildman–Crippen LogP) is -0.305. The molecule has 2 rings (SSSR count). The third-order valence-electron chi connectivity index (χ3n) is 6.57. The van der Waals surface area contributed by atoms with Gasteiger partial charge in [-0.3, -0.25) is 14.4 Å². The number of halogens is 4. The highest BCUT2D eigenvalue weighted by molar-refractivity contribution is 6.58. The molecule has 0 spiro atoms. The summed E-state index contributed by atoms with van der Waals surface area (Å²) in [5.74, 6) is -2.68. The number of nitrogens with one attached hydrogen (secondary N) is 3. The molecule has 16 heteroatoms. The van der Waals surface area contributed by atoms with Crippen molar-refractivity contribution in [1.82, 2.24) is 15.5 Å². The summed E-state index contributed by atoms with van der Waals surface area (Å²) in [5, 5.41) is 26.6. The van der Waals surface area contributed by atoms with E-state index in [1.54, 1.807) is 11.9 Å². The lowest BCUT2D eigenvalue weighted by atomic mass is 9.79. The van der Waals surface area contributed by atoms with Crippen molar-refractivity contribution in [3.63, 3.8) is 0 Å². The molecule has 0 saturated carbocycles. The SMILES string of the molecule is CNCCN(CCN)C(=O)CC[C@H](N)C(=O)N[C@H](CCc1ccc(C(F)(F)F)cc1)C(=O)Nc1ccc(F)c(B(O)O)c1. The summed E-state index contributed by atoms with van der Waals surface area (Å²) in [7, 11) is -0.410. The maximum atomic E-state index is 13.9. The number of hydrogen-bond donors (Lipinski definition) is 7. The topological polar surface area (TPSA) is 183 Å². The fourth-order valence-electron chi connectivity index (χ4n) is 4.10. The molecule has 0 bridgehead atoms. The fourth-order valence-corrected chi connectivity index (χ4v) is 4.10. The number of hydrogen-bond acceptors (Lipinski definition) is 8. The molecule has 0 unspecified atom stereocenters. The van der Waals surface area contributed by atoms with E-state index in [4.69, 9.17) is 11.5 Å². The first kappa shape index (κ1) is 35.6. The Morgan fingerprint density at radius 1 is 1.02 bits per heavy atom. The Hall–Kier alpha value is -3.57. The number of benzene rings is 2. The Labute approximate surface area is 247 Å². The normalized spacial score (nSPS) is 12.8. The van der Waals surface area contributed by atoms with E-state index >= 15 is 0 Å². The minimum Gasteiger partial charge on any atom is -0.423 e. The van der Waals surface area contributed by atoms with Gasteiger partial charge in [0, 0.05) is 43.8 Å². The van der Waals surface area contributed by atoms with Crippen LogP contribution >= 0.6 is 0 Å². The number of amides is 3. The molecule has 11 nitrogen and oxygen atoms in total. The van der Waals surface area contributed by atoms with Crippen molar-refractivity contribution in [2.24, 2.45) is 11.5 Å². The van der Waals surface area contributed by atoms with E-state index in [0.29, 0.717) is 25.2 Å². The maximum Gasteiger partial charge on any atom is 0.491 e. The number of rotatable bonds is 16. The van der Waals surface area contributed by atoms with Crippen molar-refractivity contribution < 1.29 is 42.0 Å². The molecule has 236 valence electrons. The standard InChI is InChI=1S/C27H37BF4N6O5/c1-35-13-15-38(14-12-33)24(39)11-9-22(34)25(40)37-23(10-4-17-2-5-18(6-3-17)27(30,31)32)26(41)36-19-7-8-21(29)20(16-19)28(42)43/h2-3,5-8,16,22-23,35,42-43H,4,9-15,33-34H2,1H3,(H,36,41)(H,37,40)/t22-,23+/m0/s1. The first-order valence-corrected chi connectivity index (χ1v) is 13.6. The van der Waals surface area contributed by atoms with Gasteiger partial charge in [-0.25, -0.2) is 4.39 Å². The van der Waals surface area contributed by atoms with Gasteiger partial charge in [-0.1, -0.05) is 12.1 Å². The fraction of sp³-hybridized carbons (Fsp3) is 0.444. The minimum atomic E-state index is -4.52. The zero-order chi connectivity index (χ0) is 32.2. The van der Waals surface area contributed by atoms with Gasteiger partial charge in [0.1, 0.15) is 11.9 Å². The molecule has 0 aromatic heterocycles. The minimum absolute atomic E-state index is 0.000242. The third kappa shape index (κ3) is 11.6. The van der Waals surface area contributed by atoms with Crippen LogP contribution in [0, 0.1) is 5.82 Å². The highest BCUT2D eigenvalue weighted by Crippen LogP contribution is 2.29. The molecule has 2 atom stereocenters. The van der Waals surface area contributed by atoms with Crippen LogP contribution in [0.4, 0.5) is 23.2 Å². The van der Waals surface area contributed by atoms with Gasteiger partial charge in [-0.2, -0.15) is 13.2 Å². The summed E-state index contributed by atoms with van der Waals surface area (Å²) >= 11 is 0. The Kier molecular flexibility index (Phi) is 14.0. The number of nitrogens with two attached hydrogens (primary N) is 2. The zero-order valence-electron chi connectivity index (χ0n) is 23.7. The van der Waals surface area contributed by atoms with Crippen LogP contribution < -0.4 is 32.9 Å². The molecule has 0 aliphatic rings. The van der Waals surface area contributed by atoms with Crippen LogP contribution in [0.5, 0.6) is 0 Å². The Balaban J connectivity index is 2.14. The lowest BCUT2D eigenvalue weighted by Gasteiger charge is -2.23. The van der Waals surface area contributed by atoms with Crippen molar-refractivity contribution in [2.45, 2.75) is 43.9 Å². The number of likely N-dealkylation sites (N-methyl/N-ethyl adjacent to an activating group) is 1. The van der Waals surface area contributed by atoms with Crippen molar-refractivity contribution in [2.75, 3.05) is 38.5 Å². The molecule has 0 saturated heterocycles. The summed E-state index contributed by atoms with van der Waals surface area (Å²) in [6.07, 6.45) is -4.57. The van der Waals surface area contributed by atoms with Gasteiger partial charge in [-0.05, 0) is 62.2 Å². The van der Waals surface area contributed by atoms with Crippen molar-refractivity contribution in [3.05, 3.63) is 59.4 Å². The van der Waals surface area contributed by atoms with Crippen LogP contribution in [0.15, 0.2) is 42.5 Å². The van der Waals surface area contributed by atoms with E-state index in [1.807, 2.05) is 0 Å². The number of alkyl halides is 3. The maximum absolute atomic E-state index is 13.9. The van der Waals surface area contributed by atoms with Gasteiger partial charge < -0.3 is 42.4 Å². The molecule has 43 heavy (non-hydrogen) atoms. The van der Waals surface area contributed by atoms with E-state index < -0.39 is 54.0 Å². The van der Waals surface area contributed by atoms with Crippen LogP contribution in [-0.2, 0) is 27.0 Å². The number of aryl methyl sites for hydroxylation is 1. The smallest absolute Gasteiger partial charge is 0.423 e. The number of carbonyl (C=O) groups excluding carboxylic acids is 3. The molecule has 0 aliphatic heterocycles. The lowest BCUT2D eigenvalue weighted by molar-refractivity contribution is -0.137. The summed E-state index contributed by atoms with van der Waals surface area (Å²) < 4.78 is 52.6. The predicted molar refractivity (Wildman–Crippen MR) is 153 cm³/mol. The van der Waals surface area contributed by atoms with Crippen LogP contribution in [-0.4, -0.2) is 85.1 Å². The van der Waals surface area contributed by atoms with Crippen LogP contribution in [0.3, 0.4) is 0 Å². The quantitative estimate of drug-likeness (QED) is 0.0996. The highest BCUT2D eigenvalue weighted by Gasteiger charge is 2.30. The number of carbonyl (C=O) groups is 3. The van der Waals surface area contributed by atoms with Crippen LogP contribution in [0.2, 0.25) is 0 Å². The summed E-state index contributed by atoms with van der Waals surface area (Å²) in [5.41, 5.74) is 10.7. The second-order valence-corrected chi connectivity index (χ2v) is 9.81. The lowest BCUT2D eigenvalue weighted by Crippen LogP contribution is -2.50. The summed E-state index contributed by atoms with van der Waals surface area (Å²) in [4.78, 5) is 40.2. The largest absolute Gasteiger partial charge is 0.491 e. The van der Waals surface area contributed by atoms with Crippen molar-refractivity contribution in [3.8, 4) is 0 Å². The van der Waals surface area contributed by atoms with Gasteiger partial charge in [0.2, 0.25) is 17.7 Å². The molecule has 3 amide bonds. The average Bonchev–Trinajstić information content (AvgIpc) is 2.96. The molecule has 2 aromatic rings. The second kappa shape index (κ2) is 16.9. The Bertz CT molecular complexity index is 1220. The molecular weight excluding hydrogens is 575 g/mol. The van der Waals surface area contributed by atoms with E-state index in [1.165, 1.54) is 18.2 Å². The molecule has 0 aliphatic carbocycles. The average molecular weight is 612 g/mol. The molecule has 0 heterocycles. The van der Waals surface area contributed by atoms with E-state index in [-0.39, 0.29) is 43.8 Å². The molecular formula is C27H37BF4N6O5. The summed E-state index contributed by atoms with van der Waals surface area (Å²) in [6.45, 7) is 1.54. The van der Waals surface area contributed by atoms with Crippen LogP contribution in [0.1, 0.15) is 30.4 Å². The molecule has 2 aromatic carbocycles. The highest BCUT2D eigenvalue weighted by atomic mass is 19.4. The van der Waals surface area contributed by atoms with Gasteiger partial charge in [0.15, 0.2) is 0 Å².